The van der Waals surface area contributed by atoms with Crippen LogP contribution in [-0.4, -0.2) is 38.0 Å². The van der Waals surface area contributed by atoms with Crippen LogP contribution in [-0.2, 0) is 6.54 Å². The van der Waals surface area contributed by atoms with Crippen molar-refractivity contribution < 1.29 is 5.11 Å². The second-order valence-electron chi connectivity index (χ2n) is 7.51. The highest BCUT2D eigenvalue weighted by Crippen LogP contribution is 2.36. The quantitative estimate of drug-likeness (QED) is 0.754. The van der Waals surface area contributed by atoms with E-state index in [1.807, 2.05) is 30.9 Å². The number of benzene rings is 1. The van der Waals surface area contributed by atoms with E-state index >= 15 is 0 Å². The normalized spacial score (nSPS) is 19.0. The first-order valence-corrected chi connectivity index (χ1v) is 9.33. The van der Waals surface area contributed by atoms with E-state index in [2.05, 4.69) is 57.4 Å². The van der Waals surface area contributed by atoms with E-state index in [1.54, 1.807) is 0 Å². The lowest BCUT2D eigenvalue weighted by molar-refractivity contribution is 0.0731. The molecule has 0 spiro atoms. The van der Waals surface area contributed by atoms with Gasteiger partial charge in [-0.15, -0.1) is 0 Å². The molecule has 0 bridgehead atoms. The summed E-state index contributed by atoms with van der Waals surface area (Å²) in [4.78, 5) is 11.3. The Bertz CT molecular complexity index is 945. The van der Waals surface area contributed by atoms with Crippen LogP contribution in [0.3, 0.4) is 0 Å². The Labute approximate surface area is 159 Å². The van der Waals surface area contributed by atoms with Gasteiger partial charge in [-0.25, -0.2) is 14.6 Å². The zero-order valence-electron chi connectivity index (χ0n) is 16.0. The number of aromatic nitrogens is 4. The van der Waals surface area contributed by atoms with Crippen molar-refractivity contribution in [2.24, 2.45) is 0 Å². The van der Waals surface area contributed by atoms with Gasteiger partial charge in [0.1, 0.15) is 11.6 Å². The Kier molecular flexibility index (Phi) is 4.66. The fourth-order valence-corrected chi connectivity index (χ4v) is 3.52. The molecule has 1 saturated carbocycles. The smallest absolute Gasteiger partial charge is 0.132 e. The molecule has 0 radical (unpaired) electrons. The summed E-state index contributed by atoms with van der Waals surface area (Å²) in [5.74, 6) is 2.02. The van der Waals surface area contributed by atoms with Gasteiger partial charge in [-0.1, -0.05) is 12.1 Å². The molecule has 2 aromatic heterocycles. The number of rotatable bonds is 5. The molecule has 1 aliphatic rings. The molecule has 1 aromatic carbocycles. The third-order valence-electron chi connectivity index (χ3n) is 5.09. The molecule has 0 saturated heterocycles. The molecule has 0 aliphatic heterocycles. The molecule has 140 valence electrons. The van der Waals surface area contributed by atoms with Crippen LogP contribution in [0, 0.1) is 13.8 Å². The predicted molar refractivity (Wildman–Crippen MR) is 105 cm³/mol. The Morgan fingerprint density at radius 1 is 1.19 bits per heavy atom. The van der Waals surface area contributed by atoms with Gasteiger partial charge in [0.15, 0.2) is 0 Å². The van der Waals surface area contributed by atoms with Crippen molar-refractivity contribution in [2.45, 2.75) is 45.3 Å². The minimum absolute atomic E-state index is 0.182. The minimum Gasteiger partial charge on any atom is -0.393 e. The molecule has 2 heterocycles. The second kappa shape index (κ2) is 7.12. The number of anilines is 1. The van der Waals surface area contributed by atoms with Crippen molar-refractivity contribution >= 4 is 5.82 Å². The number of aryl methyl sites for hydroxylation is 2. The summed E-state index contributed by atoms with van der Waals surface area (Å²) in [5, 5.41) is 14.1. The largest absolute Gasteiger partial charge is 0.393 e. The number of hydrogen-bond donors (Lipinski definition) is 1. The van der Waals surface area contributed by atoms with Gasteiger partial charge in [0.2, 0.25) is 0 Å². The minimum atomic E-state index is -0.182. The monoisotopic (exact) mass is 363 g/mol. The van der Waals surface area contributed by atoms with E-state index < -0.39 is 0 Å². The van der Waals surface area contributed by atoms with Crippen molar-refractivity contribution in [3.8, 4) is 5.69 Å². The SMILES string of the molecule is Cc1cccc(-n2cc(CN(C)c3cc(C4CC(O)C4)nc(C)n3)cn2)c1. The van der Waals surface area contributed by atoms with Crippen LogP contribution < -0.4 is 4.90 Å². The van der Waals surface area contributed by atoms with Crippen LogP contribution in [0.5, 0.6) is 0 Å². The lowest BCUT2D eigenvalue weighted by Crippen LogP contribution is -2.28. The molecule has 0 atom stereocenters. The van der Waals surface area contributed by atoms with Gasteiger partial charge in [-0.3, -0.25) is 0 Å². The molecule has 4 rings (SSSR count). The average molecular weight is 363 g/mol. The summed E-state index contributed by atoms with van der Waals surface area (Å²) in [6.45, 7) is 4.72. The van der Waals surface area contributed by atoms with E-state index in [9.17, 15) is 5.11 Å². The van der Waals surface area contributed by atoms with Gasteiger partial charge < -0.3 is 10.0 Å². The highest BCUT2D eigenvalue weighted by atomic mass is 16.3. The maximum atomic E-state index is 9.57. The van der Waals surface area contributed by atoms with E-state index in [0.717, 1.165) is 48.0 Å². The average Bonchev–Trinajstić information content (AvgIpc) is 3.07. The Morgan fingerprint density at radius 2 is 2.00 bits per heavy atom. The number of aliphatic hydroxyl groups is 1. The standard InChI is InChI=1S/C21H25N5O/c1-14-5-4-6-18(7-14)26-13-16(11-22-26)12-25(3)21-10-20(23-15(2)24-21)17-8-19(27)9-17/h4-7,10-11,13,17,19,27H,8-9,12H2,1-3H3. The Morgan fingerprint density at radius 3 is 2.74 bits per heavy atom. The van der Waals surface area contributed by atoms with Gasteiger partial charge in [-0.05, 0) is 44.4 Å². The molecular weight excluding hydrogens is 338 g/mol. The number of aliphatic hydroxyl groups excluding tert-OH is 1. The summed E-state index contributed by atoms with van der Waals surface area (Å²) in [5.41, 5.74) is 4.43. The van der Waals surface area contributed by atoms with Crippen LogP contribution >= 0.6 is 0 Å². The fraction of sp³-hybridized carbons (Fsp3) is 0.381. The summed E-state index contributed by atoms with van der Waals surface area (Å²) in [6.07, 6.45) is 5.36. The maximum Gasteiger partial charge on any atom is 0.132 e. The van der Waals surface area contributed by atoms with Crippen molar-refractivity contribution in [2.75, 3.05) is 11.9 Å². The summed E-state index contributed by atoms with van der Waals surface area (Å²) in [7, 11) is 2.03. The molecule has 27 heavy (non-hydrogen) atoms. The molecule has 1 N–H and O–H groups in total. The van der Waals surface area contributed by atoms with Gasteiger partial charge in [-0.2, -0.15) is 5.10 Å². The van der Waals surface area contributed by atoms with E-state index in [1.165, 1.54) is 5.56 Å². The Balaban J connectivity index is 1.50. The van der Waals surface area contributed by atoms with Gasteiger partial charge in [0.05, 0.1) is 18.0 Å². The van der Waals surface area contributed by atoms with Crippen molar-refractivity contribution in [1.29, 1.82) is 0 Å². The van der Waals surface area contributed by atoms with Crippen LogP contribution in [0.25, 0.3) is 5.69 Å². The molecule has 6 nitrogen and oxygen atoms in total. The van der Waals surface area contributed by atoms with E-state index in [0.29, 0.717) is 5.92 Å². The van der Waals surface area contributed by atoms with Gasteiger partial charge in [0, 0.05) is 43.0 Å². The maximum absolute atomic E-state index is 9.57. The molecule has 1 aliphatic carbocycles. The first-order valence-electron chi connectivity index (χ1n) is 9.33. The Hall–Kier alpha value is -2.73. The molecule has 0 amide bonds. The van der Waals surface area contributed by atoms with Crippen LogP contribution in [0.1, 0.15) is 41.4 Å². The van der Waals surface area contributed by atoms with Crippen LogP contribution in [0.4, 0.5) is 5.82 Å². The van der Waals surface area contributed by atoms with E-state index in [4.69, 9.17) is 0 Å². The van der Waals surface area contributed by atoms with Crippen LogP contribution in [0.15, 0.2) is 42.7 Å². The summed E-state index contributed by atoms with van der Waals surface area (Å²) < 4.78 is 1.91. The lowest BCUT2D eigenvalue weighted by Gasteiger charge is -2.31. The summed E-state index contributed by atoms with van der Waals surface area (Å²) >= 11 is 0. The third kappa shape index (κ3) is 3.85. The molecule has 3 aromatic rings. The first-order chi connectivity index (χ1) is 13.0. The first kappa shape index (κ1) is 17.7. The molecular formula is C21H25N5O. The topological polar surface area (TPSA) is 67.1 Å². The zero-order chi connectivity index (χ0) is 19.0. The van der Waals surface area contributed by atoms with E-state index in [-0.39, 0.29) is 6.10 Å². The van der Waals surface area contributed by atoms with Crippen molar-refractivity contribution in [1.82, 2.24) is 19.7 Å². The number of nitrogens with zero attached hydrogens (tertiary/aromatic N) is 5. The molecule has 1 fully saturated rings. The summed E-state index contributed by atoms with van der Waals surface area (Å²) in [6, 6.07) is 10.3. The highest BCUT2D eigenvalue weighted by molar-refractivity contribution is 5.41. The van der Waals surface area contributed by atoms with Crippen LogP contribution in [0.2, 0.25) is 0 Å². The predicted octanol–water partition coefficient (Wildman–Crippen LogP) is 3.15. The van der Waals surface area contributed by atoms with Gasteiger partial charge in [0.25, 0.3) is 0 Å². The molecule has 0 unspecified atom stereocenters. The van der Waals surface area contributed by atoms with Crippen molar-refractivity contribution in [3.05, 3.63) is 65.4 Å². The van der Waals surface area contributed by atoms with Gasteiger partial charge >= 0.3 is 0 Å². The fourth-order valence-electron chi connectivity index (χ4n) is 3.52. The molecule has 6 heteroatoms. The highest BCUT2D eigenvalue weighted by Gasteiger charge is 2.30. The second-order valence-corrected chi connectivity index (χ2v) is 7.51. The lowest BCUT2D eigenvalue weighted by atomic mass is 9.80. The third-order valence-corrected chi connectivity index (χ3v) is 5.09. The zero-order valence-corrected chi connectivity index (χ0v) is 16.0. The number of hydrogen-bond acceptors (Lipinski definition) is 5. The van der Waals surface area contributed by atoms with Crippen molar-refractivity contribution in [3.63, 3.8) is 0 Å².